The van der Waals surface area contributed by atoms with Gasteiger partial charge in [-0.25, -0.2) is 9.48 Å². The van der Waals surface area contributed by atoms with E-state index in [-0.39, 0.29) is 24.6 Å². The zero-order valence-electron chi connectivity index (χ0n) is 16.8. The number of carboxylic acids is 1. The van der Waals surface area contributed by atoms with Gasteiger partial charge in [-0.1, -0.05) is 47.5 Å². The van der Waals surface area contributed by atoms with Crippen LogP contribution in [0.1, 0.15) is 16.1 Å². The summed E-state index contributed by atoms with van der Waals surface area (Å²) in [6, 6.07) is 19.9. The fourth-order valence-electron chi connectivity index (χ4n) is 3.55. The number of rotatable bonds is 5. The molecule has 1 heterocycles. The second-order valence-corrected chi connectivity index (χ2v) is 7.86. The third-order valence-electron chi connectivity index (χ3n) is 4.86. The first kappa shape index (κ1) is 24.0. The molecule has 0 aliphatic rings. The van der Waals surface area contributed by atoms with Crippen LogP contribution in [0.5, 0.6) is 5.75 Å². The van der Waals surface area contributed by atoms with Crippen molar-refractivity contribution in [3.05, 3.63) is 88.0 Å². The van der Waals surface area contributed by atoms with Crippen molar-refractivity contribution in [3.63, 3.8) is 0 Å². The molecule has 3 aromatic carbocycles. The molecule has 0 aliphatic carbocycles. The molecule has 0 radical (unpaired) electrons. The zero-order chi connectivity index (χ0) is 22.1. The topological polar surface area (TPSA) is 64.3 Å². The normalized spacial score (nSPS) is 10.5. The summed E-state index contributed by atoms with van der Waals surface area (Å²) in [5, 5.41) is 15.5. The molecule has 158 valence electrons. The van der Waals surface area contributed by atoms with Crippen molar-refractivity contribution < 1.29 is 14.6 Å². The summed E-state index contributed by atoms with van der Waals surface area (Å²) in [6.07, 6.45) is 0. The van der Waals surface area contributed by atoms with Gasteiger partial charge in [0.05, 0.1) is 18.5 Å². The SMILES string of the molecule is COc1ccc(Cl)cc1-c1c(C(=O)O)nn(-c2cccc(C)c2)c1-c1cccc(Cl)c1.[LiH]. The zero-order valence-corrected chi connectivity index (χ0v) is 18.3. The Balaban J connectivity index is 0.00000289. The van der Waals surface area contributed by atoms with E-state index < -0.39 is 5.97 Å². The molecule has 0 saturated carbocycles. The summed E-state index contributed by atoms with van der Waals surface area (Å²) >= 11 is 12.6. The van der Waals surface area contributed by atoms with E-state index in [1.54, 1.807) is 35.0 Å². The molecule has 0 saturated heterocycles. The number of carboxylic acid groups (broad SMARTS) is 1. The molecular formula is C24H19Cl2LiN2O3. The van der Waals surface area contributed by atoms with Gasteiger partial charge in [0.2, 0.25) is 0 Å². The molecule has 8 heteroatoms. The van der Waals surface area contributed by atoms with Gasteiger partial charge in [0, 0.05) is 26.7 Å². The summed E-state index contributed by atoms with van der Waals surface area (Å²) in [5.74, 6) is -0.675. The van der Waals surface area contributed by atoms with Crippen LogP contribution < -0.4 is 4.74 Å². The number of ether oxygens (including phenoxy) is 1. The molecule has 4 aromatic rings. The quantitative estimate of drug-likeness (QED) is 0.377. The third kappa shape index (κ3) is 4.57. The van der Waals surface area contributed by atoms with Crippen LogP contribution in [0.2, 0.25) is 10.0 Å². The van der Waals surface area contributed by atoms with Crippen molar-refractivity contribution in [2.45, 2.75) is 6.92 Å². The first-order chi connectivity index (χ1) is 14.9. The summed E-state index contributed by atoms with van der Waals surface area (Å²) in [4.78, 5) is 12.3. The van der Waals surface area contributed by atoms with Crippen LogP contribution in [-0.2, 0) is 0 Å². The molecule has 0 aliphatic heterocycles. The van der Waals surface area contributed by atoms with Crippen LogP contribution in [0.4, 0.5) is 0 Å². The molecule has 0 unspecified atom stereocenters. The standard InChI is InChI=1S/C24H18Cl2N2O3.Li.H/c1-14-5-3-8-18(11-14)28-23(15-6-4-7-16(25)12-15)21(22(27-28)24(29)30)19-13-17(26)9-10-20(19)31-2;;/h3-13H,1-2H3,(H,29,30);;. The number of methoxy groups -OCH3 is 1. The van der Waals surface area contributed by atoms with Gasteiger partial charge in [-0.05, 0) is 55.0 Å². The molecule has 1 N–H and O–H groups in total. The van der Waals surface area contributed by atoms with Crippen LogP contribution in [-0.4, -0.2) is 46.8 Å². The number of nitrogens with zero attached hydrogens (tertiary/aromatic N) is 2. The Hall–Kier alpha value is -2.68. The minimum absolute atomic E-state index is 0. The number of aryl methyl sites for hydroxylation is 1. The summed E-state index contributed by atoms with van der Waals surface area (Å²) < 4.78 is 7.15. The Kier molecular flexibility index (Phi) is 7.38. The van der Waals surface area contributed by atoms with E-state index in [1.165, 1.54) is 7.11 Å². The van der Waals surface area contributed by atoms with E-state index in [9.17, 15) is 9.90 Å². The second kappa shape index (κ2) is 9.85. The molecule has 5 nitrogen and oxygen atoms in total. The van der Waals surface area contributed by atoms with Gasteiger partial charge >= 0.3 is 24.8 Å². The first-order valence-electron chi connectivity index (χ1n) is 9.42. The fourth-order valence-corrected chi connectivity index (χ4v) is 3.91. The molecule has 0 amide bonds. The van der Waals surface area contributed by atoms with Crippen LogP contribution in [0.25, 0.3) is 28.1 Å². The number of halogens is 2. The van der Waals surface area contributed by atoms with E-state index in [0.29, 0.717) is 38.2 Å². The number of carbonyl (C=O) groups is 1. The van der Waals surface area contributed by atoms with Gasteiger partial charge < -0.3 is 9.84 Å². The third-order valence-corrected chi connectivity index (χ3v) is 5.33. The van der Waals surface area contributed by atoms with Gasteiger partial charge in [0.1, 0.15) is 5.75 Å². The Morgan fingerprint density at radius 3 is 2.38 bits per heavy atom. The van der Waals surface area contributed by atoms with Gasteiger partial charge in [0.25, 0.3) is 0 Å². The predicted octanol–water partition coefficient (Wildman–Crippen LogP) is 5.88. The van der Waals surface area contributed by atoms with Crippen molar-refractivity contribution in [1.82, 2.24) is 9.78 Å². The summed E-state index contributed by atoms with van der Waals surface area (Å²) in [6.45, 7) is 1.96. The van der Waals surface area contributed by atoms with E-state index in [2.05, 4.69) is 5.10 Å². The van der Waals surface area contributed by atoms with Crippen molar-refractivity contribution in [2.75, 3.05) is 7.11 Å². The van der Waals surface area contributed by atoms with Crippen LogP contribution in [0.15, 0.2) is 66.7 Å². The number of hydrogen-bond donors (Lipinski definition) is 1. The Morgan fingerprint density at radius 1 is 1.00 bits per heavy atom. The predicted molar refractivity (Wildman–Crippen MR) is 130 cm³/mol. The average molecular weight is 461 g/mol. The maximum absolute atomic E-state index is 12.3. The summed E-state index contributed by atoms with van der Waals surface area (Å²) in [7, 11) is 1.53. The van der Waals surface area contributed by atoms with Crippen LogP contribution >= 0.6 is 23.2 Å². The molecule has 1 aromatic heterocycles. The van der Waals surface area contributed by atoms with Crippen LogP contribution in [0, 0.1) is 6.92 Å². The van der Waals surface area contributed by atoms with E-state index in [0.717, 1.165) is 11.3 Å². The van der Waals surface area contributed by atoms with E-state index in [1.807, 2.05) is 43.3 Å². The molecule has 4 rings (SSSR count). The monoisotopic (exact) mass is 460 g/mol. The van der Waals surface area contributed by atoms with E-state index in [4.69, 9.17) is 27.9 Å². The van der Waals surface area contributed by atoms with Gasteiger partial charge in [-0.15, -0.1) is 0 Å². The van der Waals surface area contributed by atoms with Crippen molar-refractivity contribution >= 4 is 48.0 Å². The number of hydrogen-bond acceptors (Lipinski definition) is 3. The first-order valence-corrected chi connectivity index (χ1v) is 10.2. The van der Waals surface area contributed by atoms with Crippen molar-refractivity contribution in [2.24, 2.45) is 0 Å². The molecule has 0 atom stereocenters. The summed E-state index contributed by atoms with van der Waals surface area (Å²) in [5.41, 5.74) is 3.85. The maximum atomic E-state index is 12.3. The van der Waals surface area contributed by atoms with Gasteiger partial charge in [-0.2, -0.15) is 5.10 Å². The minimum atomic E-state index is -1.16. The molecule has 32 heavy (non-hydrogen) atoms. The van der Waals surface area contributed by atoms with Gasteiger partial charge in [-0.3, -0.25) is 0 Å². The van der Waals surface area contributed by atoms with Gasteiger partial charge in [0.15, 0.2) is 5.69 Å². The molecule has 0 fully saturated rings. The van der Waals surface area contributed by atoms with Crippen molar-refractivity contribution in [1.29, 1.82) is 0 Å². The Bertz CT molecular complexity index is 1300. The molecular weight excluding hydrogens is 442 g/mol. The second-order valence-electron chi connectivity index (χ2n) is 6.98. The van der Waals surface area contributed by atoms with Crippen LogP contribution in [0.3, 0.4) is 0 Å². The van der Waals surface area contributed by atoms with E-state index >= 15 is 0 Å². The molecule has 0 spiro atoms. The average Bonchev–Trinajstić information content (AvgIpc) is 3.14. The number of benzene rings is 3. The van der Waals surface area contributed by atoms with Crippen molar-refractivity contribution in [3.8, 4) is 33.8 Å². The number of aromatic nitrogens is 2. The Labute approximate surface area is 207 Å². The Morgan fingerprint density at radius 2 is 1.72 bits per heavy atom. The number of aromatic carboxylic acids is 1. The fraction of sp³-hybridized carbons (Fsp3) is 0.0833. The molecule has 0 bridgehead atoms.